The minimum atomic E-state index is -0.820. The van der Waals surface area contributed by atoms with Crippen molar-refractivity contribution in [2.45, 2.75) is 26.9 Å². The molecule has 0 aliphatic rings. The molecule has 9 nitrogen and oxygen atoms in total. The Hall–Kier alpha value is -4.71. The maximum Gasteiger partial charge on any atom is 0.313 e. The van der Waals surface area contributed by atoms with Gasteiger partial charge in [0.25, 0.3) is 5.91 Å². The van der Waals surface area contributed by atoms with E-state index in [9.17, 15) is 19.6 Å². The van der Waals surface area contributed by atoms with Gasteiger partial charge >= 0.3 is 11.8 Å². The van der Waals surface area contributed by atoms with Crippen LogP contribution in [0.25, 0.3) is 6.08 Å². The molecule has 0 fully saturated rings. The smallest absolute Gasteiger partial charge is 0.313 e. The Morgan fingerprint density at radius 2 is 1.79 bits per heavy atom. The van der Waals surface area contributed by atoms with Gasteiger partial charge in [0.15, 0.2) is 0 Å². The summed E-state index contributed by atoms with van der Waals surface area (Å²) in [5.41, 5.74) is 3.26. The number of benzene rings is 1. The number of amides is 3. The Morgan fingerprint density at radius 1 is 1.00 bits per heavy atom. The summed E-state index contributed by atoms with van der Waals surface area (Å²) in [5.74, 6) is -1.56. The Balaban J connectivity index is 1.53. The lowest BCUT2D eigenvalue weighted by Gasteiger charge is -2.07. The minimum Gasteiger partial charge on any atom is -0.460 e. The number of furan rings is 1. The third kappa shape index (κ3) is 6.64. The van der Waals surface area contributed by atoms with Crippen molar-refractivity contribution in [3.05, 3.63) is 88.6 Å². The van der Waals surface area contributed by atoms with Crippen LogP contribution in [0.4, 0.5) is 5.69 Å². The van der Waals surface area contributed by atoms with Gasteiger partial charge in [-0.2, -0.15) is 5.26 Å². The highest BCUT2D eigenvalue weighted by Crippen LogP contribution is 2.14. The number of nitriles is 1. The molecule has 0 atom stereocenters. The summed E-state index contributed by atoms with van der Waals surface area (Å²) in [6, 6.07) is 13.9. The number of carbonyl (C=O) groups excluding carboxylic acids is 3. The number of carbonyl (C=O) groups is 3. The van der Waals surface area contributed by atoms with Crippen molar-refractivity contribution in [2.24, 2.45) is 0 Å². The number of rotatable bonds is 7. The van der Waals surface area contributed by atoms with E-state index in [0.717, 1.165) is 16.7 Å². The summed E-state index contributed by atoms with van der Waals surface area (Å²) in [7, 11) is 0. The molecule has 1 aromatic carbocycles. The van der Waals surface area contributed by atoms with Crippen LogP contribution in [0, 0.1) is 25.2 Å². The molecule has 0 aliphatic carbocycles. The average Bonchev–Trinajstić information content (AvgIpc) is 3.29. The number of aryl methyl sites for hydroxylation is 2. The molecule has 3 amide bonds. The van der Waals surface area contributed by atoms with E-state index in [1.54, 1.807) is 48.8 Å². The van der Waals surface area contributed by atoms with Gasteiger partial charge in [-0.1, -0.05) is 12.1 Å². The maximum absolute atomic E-state index is 12.3. The van der Waals surface area contributed by atoms with E-state index in [1.165, 1.54) is 6.08 Å². The van der Waals surface area contributed by atoms with Crippen molar-refractivity contribution in [3.8, 4) is 6.07 Å². The van der Waals surface area contributed by atoms with E-state index < -0.39 is 17.7 Å². The maximum atomic E-state index is 12.3. The lowest BCUT2D eigenvalue weighted by atomic mass is 10.1. The monoisotopic (exact) mass is 457 g/mol. The van der Waals surface area contributed by atoms with Crippen LogP contribution in [-0.4, -0.2) is 22.7 Å². The summed E-state index contributed by atoms with van der Waals surface area (Å²) in [6.45, 7) is 4.05. The fraction of sp³-hybridized carbons (Fsp3) is 0.160. The molecule has 3 aromatic rings. The summed E-state index contributed by atoms with van der Waals surface area (Å²) < 4.78 is 5.54. The third-order valence-corrected chi connectivity index (χ3v) is 4.90. The average molecular weight is 457 g/mol. The quantitative estimate of drug-likeness (QED) is 0.283. The fourth-order valence-corrected chi connectivity index (χ4v) is 2.89. The zero-order chi connectivity index (χ0) is 24.5. The molecular weight excluding hydrogens is 434 g/mol. The van der Waals surface area contributed by atoms with Crippen LogP contribution in [-0.2, 0) is 27.5 Å². The zero-order valence-corrected chi connectivity index (χ0v) is 18.7. The molecular formula is C25H23N5O4. The van der Waals surface area contributed by atoms with Gasteiger partial charge in [-0.05, 0) is 60.9 Å². The zero-order valence-electron chi connectivity index (χ0n) is 18.7. The number of pyridine rings is 1. The first-order valence-electron chi connectivity index (χ1n) is 10.4. The van der Waals surface area contributed by atoms with Crippen LogP contribution in [0.3, 0.4) is 0 Å². The predicted octanol–water partition coefficient (Wildman–Crippen LogP) is 2.77. The highest BCUT2D eigenvalue weighted by Gasteiger charge is 2.15. The number of aromatic nitrogens is 1. The van der Waals surface area contributed by atoms with Crippen LogP contribution in [0.1, 0.15) is 28.2 Å². The molecule has 0 saturated carbocycles. The Bertz CT molecular complexity index is 1270. The summed E-state index contributed by atoms with van der Waals surface area (Å²) in [6.07, 6.45) is 4.54. The number of hydrogen-bond acceptors (Lipinski definition) is 6. The second-order valence-corrected chi connectivity index (χ2v) is 7.45. The number of hydrogen-bond donors (Lipinski definition) is 3. The van der Waals surface area contributed by atoms with Crippen molar-refractivity contribution < 1.29 is 18.8 Å². The van der Waals surface area contributed by atoms with Gasteiger partial charge in [0.1, 0.15) is 23.2 Å². The van der Waals surface area contributed by atoms with Gasteiger partial charge in [0.2, 0.25) is 0 Å². The van der Waals surface area contributed by atoms with E-state index in [4.69, 9.17) is 4.42 Å². The van der Waals surface area contributed by atoms with Crippen LogP contribution >= 0.6 is 0 Å². The largest absolute Gasteiger partial charge is 0.460 e. The second kappa shape index (κ2) is 11.2. The molecule has 2 aromatic heterocycles. The molecule has 0 saturated heterocycles. The Labute approximate surface area is 196 Å². The van der Waals surface area contributed by atoms with Gasteiger partial charge < -0.3 is 20.4 Å². The van der Waals surface area contributed by atoms with Crippen molar-refractivity contribution >= 4 is 29.5 Å². The van der Waals surface area contributed by atoms with Gasteiger partial charge in [-0.25, -0.2) is 0 Å². The molecule has 0 spiro atoms. The molecule has 3 rings (SSSR count). The first-order valence-corrected chi connectivity index (χ1v) is 10.4. The summed E-state index contributed by atoms with van der Waals surface area (Å²) in [4.78, 5) is 40.5. The number of anilines is 1. The van der Waals surface area contributed by atoms with Crippen molar-refractivity contribution in [1.82, 2.24) is 15.6 Å². The molecule has 34 heavy (non-hydrogen) atoms. The van der Waals surface area contributed by atoms with Gasteiger partial charge in [-0.15, -0.1) is 0 Å². The molecule has 172 valence electrons. The lowest BCUT2D eigenvalue weighted by Crippen LogP contribution is -2.34. The van der Waals surface area contributed by atoms with Crippen LogP contribution in [0.15, 0.2) is 64.8 Å². The number of nitrogens with zero attached hydrogens (tertiary/aromatic N) is 2. The molecule has 0 radical (unpaired) electrons. The topological polar surface area (TPSA) is 137 Å². The van der Waals surface area contributed by atoms with E-state index in [-0.39, 0.29) is 24.4 Å². The standard InChI is InChI=1S/C25H23N5O4/c1-16-5-6-20(10-17(16)2)30-25(33)24(32)29-15-22-8-7-21(34-22)11-19(12-26)23(31)28-14-18-4-3-9-27-13-18/h3-11,13H,14-15H2,1-2H3,(H,28,31)(H,29,32)(H,30,33). The first-order chi connectivity index (χ1) is 16.4. The normalized spacial score (nSPS) is 10.8. The predicted molar refractivity (Wildman–Crippen MR) is 125 cm³/mol. The minimum absolute atomic E-state index is 0.0396. The molecule has 3 N–H and O–H groups in total. The summed E-state index contributed by atoms with van der Waals surface area (Å²) >= 11 is 0. The van der Waals surface area contributed by atoms with Crippen molar-refractivity contribution in [1.29, 1.82) is 5.26 Å². The molecule has 2 heterocycles. The van der Waals surface area contributed by atoms with E-state index >= 15 is 0 Å². The van der Waals surface area contributed by atoms with E-state index in [2.05, 4.69) is 20.9 Å². The SMILES string of the molecule is Cc1ccc(NC(=O)C(=O)NCc2ccc(C=C(C#N)C(=O)NCc3cccnc3)o2)cc1C. The highest BCUT2D eigenvalue weighted by atomic mass is 16.3. The molecule has 0 bridgehead atoms. The molecule has 0 aliphatic heterocycles. The molecule has 0 unspecified atom stereocenters. The first kappa shape index (κ1) is 23.9. The van der Waals surface area contributed by atoms with E-state index in [0.29, 0.717) is 11.4 Å². The summed E-state index contributed by atoms with van der Waals surface area (Å²) in [5, 5.41) is 17.0. The lowest BCUT2D eigenvalue weighted by molar-refractivity contribution is -0.136. The Morgan fingerprint density at radius 3 is 2.50 bits per heavy atom. The van der Waals surface area contributed by atoms with Crippen LogP contribution in [0.5, 0.6) is 0 Å². The van der Waals surface area contributed by atoms with Crippen molar-refractivity contribution in [2.75, 3.05) is 5.32 Å². The van der Waals surface area contributed by atoms with Gasteiger partial charge in [0, 0.05) is 30.7 Å². The van der Waals surface area contributed by atoms with Gasteiger partial charge in [0.05, 0.1) is 6.54 Å². The highest BCUT2D eigenvalue weighted by molar-refractivity contribution is 6.39. The number of nitrogens with one attached hydrogen (secondary N) is 3. The van der Waals surface area contributed by atoms with Crippen molar-refractivity contribution in [3.63, 3.8) is 0 Å². The van der Waals surface area contributed by atoms with Gasteiger partial charge in [-0.3, -0.25) is 19.4 Å². The molecule has 9 heteroatoms. The third-order valence-electron chi connectivity index (χ3n) is 4.90. The van der Waals surface area contributed by atoms with Crippen LogP contribution < -0.4 is 16.0 Å². The van der Waals surface area contributed by atoms with E-state index in [1.807, 2.05) is 26.0 Å². The van der Waals surface area contributed by atoms with Crippen LogP contribution in [0.2, 0.25) is 0 Å². The fourth-order valence-electron chi connectivity index (χ4n) is 2.89. The Kier molecular flexibility index (Phi) is 7.92. The second-order valence-electron chi connectivity index (χ2n) is 7.45.